The Kier molecular flexibility index (Phi) is 7.24. The topological polar surface area (TPSA) is 43.8 Å². The van der Waals surface area contributed by atoms with Gasteiger partial charge in [-0.25, -0.2) is 0 Å². The van der Waals surface area contributed by atoms with E-state index in [-0.39, 0.29) is 11.9 Å². The van der Waals surface area contributed by atoms with Gasteiger partial charge in [0.25, 0.3) is 0 Å². The lowest BCUT2D eigenvalue weighted by Gasteiger charge is -2.41. The van der Waals surface area contributed by atoms with Crippen LogP contribution in [0.3, 0.4) is 0 Å². The predicted molar refractivity (Wildman–Crippen MR) is 114 cm³/mol. The molecule has 150 valence electrons. The average Bonchev–Trinajstić information content (AvgIpc) is 2.75. The third kappa shape index (κ3) is 5.00. The van der Waals surface area contributed by atoms with Crippen LogP contribution in [0.4, 0.5) is 5.69 Å². The fourth-order valence-electron chi connectivity index (χ4n) is 4.25. The quantitative estimate of drug-likeness (QED) is 0.780. The highest BCUT2D eigenvalue weighted by atomic mass is 16.3. The number of carbonyl (C=O) groups is 1. The lowest BCUT2D eigenvalue weighted by atomic mass is 9.89. The summed E-state index contributed by atoms with van der Waals surface area (Å²) < 4.78 is 0. The van der Waals surface area contributed by atoms with Gasteiger partial charge in [0.1, 0.15) is 0 Å². The Morgan fingerprint density at radius 3 is 2.43 bits per heavy atom. The van der Waals surface area contributed by atoms with Crippen molar-refractivity contribution in [2.24, 2.45) is 5.92 Å². The lowest BCUT2D eigenvalue weighted by Crippen LogP contribution is -2.49. The van der Waals surface area contributed by atoms with Crippen LogP contribution in [-0.2, 0) is 4.79 Å². The number of rotatable bonds is 7. The number of hydrogen-bond donors (Lipinski definition) is 1. The first kappa shape index (κ1) is 20.6. The minimum atomic E-state index is -0.474. The van der Waals surface area contributed by atoms with Crippen LogP contribution < -0.4 is 4.90 Å². The van der Waals surface area contributed by atoms with E-state index in [0.29, 0.717) is 18.9 Å². The van der Waals surface area contributed by atoms with Gasteiger partial charge < -0.3 is 14.9 Å². The molecule has 0 saturated carbocycles. The van der Waals surface area contributed by atoms with E-state index >= 15 is 0 Å². The standard InChI is InChI=1S/C24H32N2O2/c1-3-24(28)26(22-14-8-5-9-15-22)19(2)21-13-10-16-25(17-21)18-23(27)20-11-6-4-7-12-20/h4-9,11-12,14-15,19,21,23,27H,3,10,13,16-18H2,1-2H3/t19-,21+,23+/m1/s1. The summed E-state index contributed by atoms with van der Waals surface area (Å²) in [4.78, 5) is 17.0. The number of aliphatic hydroxyl groups excluding tert-OH is 1. The van der Waals surface area contributed by atoms with Gasteiger partial charge in [-0.15, -0.1) is 0 Å². The third-order valence-electron chi connectivity index (χ3n) is 5.85. The fourth-order valence-corrected chi connectivity index (χ4v) is 4.25. The molecule has 3 rings (SSSR count). The number of piperidine rings is 1. The van der Waals surface area contributed by atoms with Crippen molar-refractivity contribution in [1.82, 2.24) is 4.90 Å². The molecule has 1 heterocycles. The van der Waals surface area contributed by atoms with Crippen LogP contribution in [-0.4, -0.2) is 41.6 Å². The zero-order chi connectivity index (χ0) is 19.9. The molecule has 0 aliphatic carbocycles. The maximum Gasteiger partial charge on any atom is 0.226 e. The number of carbonyl (C=O) groups excluding carboxylic acids is 1. The highest BCUT2D eigenvalue weighted by molar-refractivity contribution is 5.93. The number of nitrogens with zero attached hydrogens (tertiary/aromatic N) is 2. The molecule has 0 unspecified atom stereocenters. The molecule has 0 bridgehead atoms. The van der Waals surface area contributed by atoms with Crippen molar-refractivity contribution in [2.75, 3.05) is 24.5 Å². The average molecular weight is 381 g/mol. The van der Waals surface area contributed by atoms with Gasteiger partial charge in [0.05, 0.1) is 6.10 Å². The molecule has 2 aromatic rings. The van der Waals surface area contributed by atoms with Crippen molar-refractivity contribution in [1.29, 1.82) is 0 Å². The first-order chi connectivity index (χ1) is 13.6. The van der Waals surface area contributed by atoms with Crippen LogP contribution in [0.1, 0.15) is 44.8 Å². The summed E-state index contributed by atoms with van der Waals surface area (Å²) in [5.41, 5.74) is 1.94. The van der Waals surface area contributed by atoms with Gasteiger partial charge in [-0.2, -0.15) is 0 Å². The second-order valence-corrected chi connectivity index (χ2v) is 7.78. The molecular weight excluding hydrogens is 348 g/mol. The summed E-state index contributed by atoms with van der Waals surface area (Å²) in [6, 6.07) is 20.0. The molecule has 0 spiro atoms. The molecule has 4 heteroatoms. The molecule has 28 heavy (non-hydrogen) atoms. The second-order valence-electron chi connectivity index (χ2n) is 7.78. The van der Waals surface area contributed by atoms with E-state index < -0.39 is 6.10 Å². The first-order valence-electron chi connectivity index (χ1n) is 10.4. The molecule has 2 aromatic carbocycles. The molecule has 1 aliphatic heterocycles. The van der Waals surface area contributed by atoms with E-state index in [4.69, 9.17) is 0 Å². The molecule has 0 radical (unpaired) electrons. The Balaban J connectivity index is 1.68. The van der Waals surface area contributed by atoms with Crippen LogP contribution in [0.25, 0.3) is 0 Å². The summed E-state index contributed by atoms with van der Waals surface area (Å²) in [5.74, 6) is 0.563. The van der Waals surface area contributed by atoms with Gasteiger partial charge in [-0.3, -0.25) is 4.79 Å². The van der Waals surface area contributed by atoms with Crippen LogP contribution in [0.15, 0.2) is 60.7 Å². The number of amides is 1. The number of para-hydroxylation sites is 1. The Labute approximate surface area is 168 Å². The summed E-state index contributed by atoms with van der Waals surface area (Å²) in [6.45, 7) is 6.64. The number of anilines is 1. The highest BCUT2D eigenvalue weighted by Crippen LogP contribution is 2.28. The van der Waals surface area contributed by atoms with Crippen molar-refractivity contribution in [3.63, 3.8) is 0 Å². The zero-order valence-electron chi connectivity index (χ0n) is 17.0. The molecule has 1 amide bonds. The van der Waals surface area contributed by atoms with Gasteiger partial charge in [-0.1, -0.05) is 55.5 Å². The maximum atomic E-state index is 12.7. The van der Waals surface area contributed by atoms with Crippen LogP contribution in [0, 0.1) is 5.92 Å². The predicted octanol–water partition coefficient (Wildman–Crippen LogP) is 4.26. The van der Waals surface area contributed by atoms with E-state index in [2.05, 4.69) is 11.8 Å². The fraction of sp³-hybridized carbons (Fsp3) is 0.458. The molecular formula is C24H32N2O2. The minimum Gasteiger partial charge on any atom is -0.387 e. The molecule has 3 atom stereocenters. The van der Waals surface area contributed by atoms with Crippen molar-refractivity contribution in [3.8, 4) is 0 Å². The van der Waals surface area contributed by atoms with Crippen molar-refractivity contribution in [2.45, 2.75) is 45.3 Å². The monoisotopic (exact) mass is 380 g/mol. The first-order valence-corrected chi connectivity index (χ1v) is 10.4. The summed E-state index contributed by atoms with van der Waals surface area (Å²) >= 11 is 0. The number of benzene rings is 2. The molecule has 1 fully saturated rings. The van der Waals surface area contributed by atoms with Crippen molar-refractivity contribution >= 4 is 11.6 Å². The minimum absolute atomic E-state index is 0.131. The van der Waals surface area contributed by atoms with Crippen molar-refractivity contribution < 1.29 is 9.90 Å². The van der Waals surface area contributed by atoms with E-state index in [1.165, 1.54) is 0 Å². The van der Waals surface area contributed by atoms with E-state index in [1.54, 1.807) is 0 Å². The van der Waals surface area contributed by atoms with Crippen LogP contribution >= 0.6 is 0 Å². The molecule has 0 aromatic heterocycles. The Morgan fingerprint density at radius 1 is 1.14 bits per heavy atom. The molecule has 1 N–H and O–H groups in total. The van der Waals surface area contributed by atoms with Gasteiger partial charge in [0.2, 0.25) is 5.91 Å². The van der Waals surface area contributed by atoms with E-state index in [9.17, 15) is 9.90 Å². The van der Waals surface area contributed by atoms with Gasteiger partial charge in [-0.05, 0) is 49.9 Å². The highest BCUT2D eigenvalue weighted by Gasteiger charge is 2.31. The zero-order valence-corrected chi connectivity index (χ0v) is 17.0. The number of aliphatic hydroxyl groups is 1. The van der Waals surface area contributed by atoms with E-state index in [1.807, 2.05) is 72.5 Å². The maximum absolute atomic E-state index is 12.7. The molecule has 1 saturated heterocycles. The van der Waals surface area contributed by atoms with Gasteiger partial charge in [0.15, 0.2) is 0 Å². The molecule has 1 aliphatic rings. The van der Waals surface area contributed by atoms with Crippen LogP contribution in [0.5, 0.6) is 0 Å². The Bertz CT molecular complexity index is 735. The number of β-amino-alcohol motifs (C(OH)–C–C–N with tert-alkyl or cyclic N) is 1. The van der Waals surface area contributed by atoms with E-state index in [0.717, 1.165) is 37.2 Å². The smallest absolute Gasteiger partial charge is 0.226 e. The largest absolute Gasteiger partial charge is 0.387 e. The number of likely N-dealkylation sites (tertiary alicyclic amines) is 1. The normalized spacial score (nSPS) is 19.8. The van der Waals surface area contributed by atoms with Gasteiger partial charge in [0, 0.05) is 31.2 Å². The van der Waals surface area contributed by atoms with Crippen LogP contribution in [0.2, 0.25) is 0 Å². The molecule has 4 nitrogen and oxygen atoms in total. The Hall–Kier alpha value is -2.17. The van der Waals surface area contributed by atoms with Gasteiger partial charge >= 0.3 is 0 Å². The number of hydrogen-bond acceptors (Lipinski definition) is 3. The second kappa shape index (κ2) is 9.85. The third-order valence-corrected chi connectivity index (χ3v) is 5.85. The summed E-state index contributed by atoms with van der Waals surface area (Å²) in [5, 5.41) is 10.6. The van der Waals surface area contributed by atoms with Crippen molar-refractivity contribution in [3.05, 3.63) is 66.2 Å². The summed E-state index contributed by atoms with van der Waals surface area (Å²) in [7, 11) is 0. The lowest BCUT2D eigenvalue weighted by molar-refractivity contribution is -0.119. The SMILES string of the molecule is CCC(=O)N(c1ccccc1)[C@H](C)[C@H]1CCCN(C[C@H](O)c2ccccc2)C1. The Morgan fingerprint density at radius 2 is 1.79 bits per heavy atom. The summed E-state index contributed by atoms with van der Waals surface area (Å²) in [6.07, 6.45) is 2.24.